The van der Waals surface area contributed by atoms with Crippen molar-refractivity contribution in [1.82, 2.24) is 10.2 Å². The van der Waals surface area contributed by atoms with Gasteiger partial charge in [0.25, 0.3) is 0 Å². The molecule has 1 N–H and O–H groups in total. The Labute approximate surface area is 106 Å². The predicted octanol–water partition coefficient (Wildman–Crippen LogP) is 4.52. The van der Waals surface area contributed by atoms with Gasteiger partial charge in [-0.15, -0.1) is 0 Å². The number of nitrogens with one attached hydrogen (secondary N) is 1. The van der Waals surface area contributed by atoms with Gasteiger partial charge in [-0.05, 0) is 18.2 Å². The highest BCUT2D eigenvalue weighted by atomic mass is 35.5. The minimum Gasteiger partial charge on any atom is -0.283 e. The second-order valence-electron chi connectivity index (χ2n) is 2.75. The average molecular weight is 280 g/mol. The van der Waals surface area contributed by atoms with Crippen molar-refractivity contribution in [1.29, 1.82) is 0 Å². The van der Waals surface area contributed by atoms with E-state index in [1.807, 2.05) is 12.1 Å². The molecule has 0 saturated carbocycles. The van der Waals surface area contributed by atoms with Crippen LogP contribution in [0.4, 0.5) is 0 Å². The van der Waals surface area contributed by atoms with Crippen molar-refractivity contribution in [3.05, 3.63) is 39.5 Å². The van der Waals surface area contributed by atoms with Crippen molar-refractivity contribution < 1.29 is 0 Å². The van der Waals surface area contributed by atoms with Crippen LogP contribution in [-0.2, 0) is 0 Å². The summed E-state index contributed by atoms with van der Waals surface area (Å²) < 4.78 is 0. The van der Waals surface area contributed by atoms with Crippen LogP contribution in [0.15, 0.2) is 34.3 Å². The van der Waals surface area contributed by atoms with Gasteiger partial charge in [0, 0.05) is 21.1 Å². The number of halogens is 3. The SMILES string of the molecule is Clc1cc(Cl)cc(Sc2n[nH]cc2Cl)c1. The summed E-state index contributed by atoms with van der Waals surface area (Å²) in [6.07, 6.45) is 1.62. The van der Waals surface area contributed by atoms with Crippen LogP contribution in [0.1, 0.15) is 0 Å². The molecule has 0 fully saturated rings. The van der Waals surface area contributed by atoms with E-state index in [0.717, 1.165) is 4.90 Å². The number of aromatic amines is 1. The zero-order chi connectivity index (χ0) is 10.8. The van der Waals surface area contributed by atoms with Crippen LogP contribution in [0.2, 0.25) is 15.1 Å². The summed E-state index contributed by atoms with van der Waals surface area (Å²) >= 11 is 19.0. The molecular weight excluding hydrogens is 275 g/mol. The molecule has 1 aromatic heterocycles. The molecule has 0 aliphatic carbocycles. The van der Waals surface area contributed by atoms with E-state index in [-0.39, 0.29) is 0 Å². The topological polar surface area (TPSA) is 28.7 Å². The molecule has 0 bridgehead atoms. The first-order valence-corrected chi connectivity index (χ1v) is 5.93. The standard InChI is InChI=1S/C9H5Cl3N2S/c10-5-1-6(11)3-7(2-5)15-9-8(12)4-13-14-9/h1-4H,(H,13,14). The highest BCUT2D eigenvalue weighted by Crippen LogP contribution is 2.34. The number of nitrogens with zero attached hydrogens (tertiary/aromatic N) is 1. The molecule has 78 valence electrons. The molecule has 0 atom stereocenters. The minimum absolute atomic E-state index is 0.580. The first kappa shape index (κ1) is 11.1. The smallest absolute Gasteiger partial charge is 0.141 e. The first-order valence-electron chi connectivity index (χ1n) is 3.98. The summed E-state index contributed by atoms with van der Waals surface area (Å²) in [6, 6.07) is 5.30. The van der Waals surface area contributed by atoms with E-state index in [2.05, 4.69) is 10.2 Å². The number of rotatable bonds is 2. The molecule has 0 saturated heterocycles. The average Bonchev–Trinajstić information content (AvgIpc) is 2.50. The zero-order valence-corrected chi connectivity index (χ0v) is 10.4. The maximum atomic E-state index is 5.89. The van der Waals surface area contributed by atoms with Crippen molar-refractivity contribution in [2.45, 2.75) is 9.92 Å². The Balaban J connectivity index is 2.28. The Hall–Kier alpha value is -0.350. The van der Waals surface area contributed by atoms with Gasteiger partial charge in [0.2, 0.25) is 0 Å². The lowest BCUT2D eigenvalue weighted by Crippen LogP contribution is -1.76. The summed E-state index contributed by atoms with van der Waals surface area (Å²) in [5, 5.41) is 9.14. The van der Waals surface area contributed by atoms with E-state index >= 15 is 0 Å². The number of hydrogen-bond donors (Lipinski definition) is 1. The quantitative estimate of drug-likeness (QED) is 0.875. The highest BCUT2D eigenvalue weighted by molar-refractivity contribution is 7.99. The summed E-state index contributed by atoms with van der Waals surface area (Å²) in [7, 11) is 0. The van der Waals surface area contributed by atoms with Crippen LogP contribution < -0.4 is 0 Å². The normalized spacial score (nSPS) is 10.6. The summed E-state index contributed by atoms with van der Waals surface area (Å²) in [5.41, 5.74) is 0. The van der Waals surface area contributed by atoms with Crippen LogP contribution in [0.3, 0.4) is 0 Å². The van der Waals surface area contributed by atoms with Crippen LogP contribution in [0.5, 0.6) is 0 Å². The molecule has 0 unspecified atom stereocenters. The molecule has 0 radical (unpaired) electrons. The molecule has 0 aliphatic heterocycles. The number of H-pyrrole nitrogens is 1. The van der Waals surface area contributed by atoms with Crippen molar-refractivity contribution in [2.24, 2.45) is 0 Å². The van der Waals surface area contributed by atoms with E-state index in [9.17, 15) is 0 Å². The number of benzene rings is 1. The maximum Gasteiger partial charge on any atom is 0.141 e. The first-order chi connectivity index (χ1) is 7.15. The van der Waals surface area contributed by atoms with Crippen LogP contribution in [-0.4, -0.2) is 10.2 Å². The van der Waals surface area contributed by atoms with E-state index in [0.29, 0.717) is 20.1 Å². The summed E-state index contributed by atoms with van der Waals surface area (Å²) in [5.74, 6) is 0. The van der Waals surface area contributed by atoms with Gasteiger partial charge in [-0.3, -0.25) is 5.10 Å². The molecule has 0 spiro atoms. The lowest BCUT2D eigenvalue weighted by atomic mass is 10.4. The van der Waals surface area contributed by atoms with Gasteiger partial charge in [-0.25, -0.2) is 0 Å². The number of aromatic nitrogens is 2. The zero-order valence-electron chi connectivity index (χ0n) is 7.30. The fourth-order valence-corrected chi connectivity index (χ4v) is 2.75. The second kappa shape index (κ2) is 4.66. The van der Waals surface area contributed by atoms with Crippen molar-refractivity contribution in [2.75, 3.05) is 0 Å². The lowest BCUT2D eigenvalue weighted by Gasteiger charge is -2.00. The fraction of sp³-hybridized carbons (Fsp3) is 0. The van der Waals surface area contributed by atoms with E-state index < -0.39 is 0 Å². The minimum atomic E-state index is 0.580. The van der Waals surface area contributed by atoms with Gasteiger partial charge >= 0.3 is 0 Å². The third-order valence-electron chi connectivity index (χ3n) is 1.61. The Kier molecular flexibility index (Phi) is 3.46. The molecular formula is C9H5Cl3N2S. The third kappa shape index (κ3) is 2.82. The summed E-state index contributed by atoms with van der Waals surface area (Å²) in [4.78, 5) is 0.904. The molecule has 1 aromatic carbocycles. The van der Waals surface area contributed by atoms with Gasteiger partial charge in [-0.1, -0.05) is 46.6 Å². The van der Waals surface area contributed by atoms with Crippen LogP contribution in [0, 0.1) is 0 Å². The van der Waals surface area contributed by atoms with Crippen LogP contribution >= 0.6 is 46.6 Å². The Morgan fingerprint density at radius 3 is 2.27 bits per heavy atom. The van der Waals surface area contributed by atoms with E-state index in [1.54, 1.807) is 12.3 Å². The van der Waals surface area contributed by atoms with Gasteiger partial charge in [0.15, 0.2) is 0 Å². The van der Waals surface area contributed by atoms with Gasteiger partial charge in [-0.2, -0.15) is 5.10 Å². The largest absolute Gasteiger partial charge is 0.283 e. The lowest BCUT2D eigenvalue weighted by molar-refractivity contribution is 1.00. The molecule has 15 heavy (non-hydrogen) atoms. The molecule has 2 aromatic rings. The third-order valence-corrected chi connectivity index (χ3v) is 3.42. The molecule has 1 heterocycles. The van der Waals surface area contributed by atoms with Crippen molar-refractivity contribution in [3.8, 4) is 0 Å². The fourth-order valence-electron chi connectivity index (χ4n) is 1.03. The van der Waals surface area contributed by atoms with Gasteiger partial charge in [0.1, 0.15) is 5.03 Å². The maximum absolute atomic E-state index is 5.89. The van der Waals surface area contributed by atoms with Gasteiger partial charge < -0.3 is 0 Å². The van der Waals surface area contributed by atoms with E-state index in [1.165, 1.54) is 11.8 Å². The monoisotopic (exact) mass is 278 g/mol. The Morgan fingerprint density at radius 1 is 1.07 bits per heavy atom. The molecule has 0 aliphatic rings. The molecule has 2 rings (SSSR count). The van der Waals surface area contributed by atoms with Crippen molar-refractivity contribution >= 4 is 46.6 Å². The summed E-state index contributed by atoms with van der Waals surface area (Å²) in [6.45, 7) is 0. The number of hydrogen-bond acceptors (Lipinski definition) is 2. The van der Waals surface area contributed by atoms with E-state index in [4.69, 9.17) is 34.8 Å². The highest BCUT2D eigenvalue weighted by Gasteiger charge is 2.06. The van der Waals surface area contributed by atoms with Gasteiger partial charge in [0.05, 0.1) is 5.02 Å². The molecule has 6 heteroatoms. The van der Waals surface area contributed by atoms with Crippen molar-refractivity contribution in [3.63, 3.8) is 0 Å². The molecule has 0 amide bonds. The predicted molar refractivity (Wildman–Crippen MR) is 64.2 cm³/mol. The Morgan fingerprint density at radius 2 is 1.73 bits per heavy atom. The van der Waals surface area contributed by atoms with Crippen LogP contribution in [0.25, 0.3) is 0 Å². The Bertz CT molecular complexity index is 464. The second-order valence-corrected chi connectivity index (χ2v) is 5.09. The molecule has 2 nitrogen and oxygen atoms in total.